The summed E-state index contributed by atoms with van der Waals surface area (Å²) >= 11 is 0. The van der Waals surface area contributed by atoms with Crippen LogP contribution in [-0.2, 0) is 4.79 Å². The lowest BCUT2D eigenvalue weighted by atomic mass is 9.93. The van der Waals surface area contributed by atoms with Gasteiger partial charge in [-0.15, -0.1) is 0 Å². The van der Waals surface area contributed by atoms with Gasteiger partial charge in [-0.3, -0.25) is 10.1 Å². The Morgan fingerprint density at radius 2 is 1.74 bits per heavy atom. The van der Waals surface area contributed by atoms with E-state index in [0.29, 0.717) is 18.3 Å². The van der Waals surface area contributed by atoms with Gasteiger partial charge in [0.15, 0.2) is 0 Å². The number of nitrogens with one attached hydrogen (secondary N) is 1. The zero-order valence-corrected chi connectivity index (χ0v) is 12.3. The summed E-state index contributed by atoms with van der Waals surface area (Å²) in [6, 6.07) is 9.63. The first-order valence-electron chi connectivity index (χ1n) is 6.95. The molecule has 1 aromatic rings. The highest BCUT2D eigenvalue weighted by molar-refractivity contribution is 5.73. The minimum atomic E-state index is -0.768. The van der Waals surface area contributed by atoms with Gasteiger partial charge >= 0.3 is 5.97 Å². The molecule has 1 aromatic carbocycles. The molecule has 0 radical (unpaired) electrons. The molecule has 2 N–H and O–H groups in total. The molecule has 0 bridgehead atoms. The van der Waals surface area contributed by atoms with E-state index in [4.69, 9.17) is 0 Å². The van der Waals surface area contributed by atoms with Gasteiger partial charge in [0, 0.05) is 6.04 Å². The van der Waals surface area contributed by atoms with Crippen LogP contribution < -0.4 is 5.32 Å². The first-order chi connectivity index (χ1) is 8.91. The van der Waals surface area contributed by atoms with Crippen molar-refractivity contribution in [2.75, 3.05) is 0 Å². The Bertz CT molecular complexity index is 387. The van der Waals surface area contributed by atoms with E-state index in [-0.39, 0.29) is 6.04 Å². The normalized spacial score (nSPS) is 14.6. The molecule has 0 saturated heterocycles. The fraction of sp³-hybridized carbons (Fsp3) is 0.562. The van der Waals surface area contributed by atoms with E-state index in [2.05, 4.69) is 19.2 Å². The lowest BCUT2D eigenvalue weighted by Gasteiger charge is -2.27. The van der Waals surface area contributed by atoms with Crippen LogP contribution in [0.5, 0.6) is 0 Å². The molecule has 1 rings (SSSR count). The van der Waals surface area contributed by atoms with Crippen LogP contribution in [0.1, 0.15) is 45.7 Å². The van der Waals surface area contributed by atoms with Crippen LogP contribution in [0.3, 0.4) is 0 Å². The van der Waals surface area contributed by atoms with Crippen molar-refractivity contribution in [1.29, 1.82) is 0 Å². The molecule has 0 heterocycles. The predicted molar refractivity (Wildman–Crippen MR) is 78.0 cm³/mol. The second-order valence-electron chi connectivity index (χ2n) is 5.82. The number of carboxylic acids is 1. The summed E-state index contributed by atoms with van der Waals surface area (Å²) in [5.41, 5.74) is 1.15. The number of aliphatic carboxylic acids is 1. The van der Waals surface area contributed by atoms with E-state index >= 15 is 0 Å². The fourth-order valence-electron chi connectivity index (χ4n) is 2.26. The van der Waals surface area contributed by atoms with E-state index < -0.39 is 12.0 Å². The van der Waals surface area contributed by atoms with E-state index in [0.717, 1.165) is 5.56 Å². The van der Waals surface area contributed by atoms with Gasteiger partial charge in [-0.25, -0.2) is 0 Å². The third kappa shape index (κ3) is 5.03. The molecule has 2 unspecified atom stereocenters. The predicted octanol–water partition coefficient (Wildman–Crippen LogP) is 3.47. The summed E-state index contributed by atoms with van der Waals surface area (Å²) in [5.74, 6) is -0.0659. The maximum atomic E-state index is 11.4. The van der Waals surface area contributed by atoms with Gasteiger partial charge in [0.25, 0.3) is 0 Å². The highest BCUT2D eigenvalue weighted by atomic mass is 16.4. The number of hydrogen-bond donors (Lipinski definition) is 2. The SMILES string of the molecule is CC(C)CC(NC(c1ccccc1)C(C)C)C(=O)O. The summed E-state index contributed by atoms with van der Waals surface area (Å²) in [6.07, 6.45) is 0.644. The van der Waals surface area contributed by atoms with Crippen molar-refractivity contribution in [3.05, 3.63) is 35.9 Å². The van der Waals surface area contributed by atoms with Crippen LogP contribution >= 0.6 is 0 Å². The molecular formula is C16H25NO2. The van der Waals surface area contributed by atoms with Crippen molar-refractivity contribution in [2.24, 2.45) is 11.8 Å². The molecule has 0 aliphatic heterocycles. The molecule has 2 atom stereocenters. The van der Waals surface area contributed by atoms with Gasteiger partial charge in [-0.2, -0.15) is 0 Å². The minimum absolute atomic E-state index is 0.0704. The first-order valence-corrected chi connectivity index (χ1v) is 6.95. The average Bonchev–Trinajstić information content (AvgIpc) is 2.34. The highest BCUT2D eigenvalue weighted by Gasteiger charge is 2.25. The van der Waals surface area contributed by atoms with Crippen LogP contribution in [0.25, 0.3) is 0 Å². The Hall–Kier alpha value is -1.35. The van der Waals surface area contributed by atoms with Crippen molar-refractivity contribution in [2.45, 2.75) is 46.2 Å². The summed E-state index contributed by atoms with van der Waals surface area (Å²) in [4.78, 5) is 11.4. The van der Waals surface area contributed by atoms with Gasteiger partial charge in [0.1, 0.15) is 6.04 Å². The lowest BCUT2D eigenvalue weighted by Crippen LogP contribution is -2.41. The molecule has 3 nitrogen and oxygen atoms in total. The van der Waals surface area contributed by atoms with E-state index in [1.807, 2.05) is 44.2 Å². The van der Waals surface area contributed by atoms with Crippen molar-refractivity contribution in [3.8, 4) is 0 Å². The molecule has 0 aliphatic rings. The number of benzene rings is 1. The smallest absolute Gasteiger partial charge is 0.320 e. The van der Waals surface area contributed by atoms with E-state index in [1.54, 1.807) is 0 Å². The van der Waals surface area contributed by atoms with Gasteiger partial charge < -0.3 is 5.11 Å². The van der Waals surface area contributed by atoms with Crippen LogP contribution in [0, 0.1) is 11.8 Å². The molecular weight excluding hydrogens is 238 g/mol. The summed E-state index contributed by atoms with van der Waals surface area (Å²) in [5, 5.41) is 12.6. The van der Waals surface area contributed by atoms with Crippen LogP contribution in [-0.4, -0.2) is 17.1 Å². The summed E-state index contributed by atoms with van der Waals surface area (Å²) < 4.78 is 0. The van der Waals surface area contributed by atoms with Crippen molar-refractivity contribution in [3.63, 3.8) is 0 Å². The Balaban J connectivity index is 2.85. The Morgan fingerprint density at radius 3 is 2.16 bits per heavy atom. The first kappa shape index (κ1) is 15.7. The molecule has 0 fully saturated rings. The topological polar surface area (TPSA) is 49.3 Å². The fourth-order valence-corrected chi connectivity index (χ4v) is 2.26. The molecule has 0 amide bonds. The van der Waals surface area contributed by atoms with Gasteiger partial charge in [0.2, 0.25) is 0 Å². The third-order valence-electron chi connectivity index (χ3n) is 3.21. The second-order valence-corrected chi connectivity index (χ2v) is 5.82. The Kier molecular flexibility index (Phi) is 6.03. The molecule has 0 saturated carbocycles. The highest BCUT2D eigenvalue weighted by Crippen LogP contribution is 2.23. The van der Waals surface area contributed by atoms with Crippen LogP contribution in [0.4, 0.5) is 0 Å². The third-order valence-corrected chi connectivity index (χ3v) is 3.21. The number of carboxylic acid groups (broad SMARTS) is 1. The largest absolute Gasteiger partial charge is 0.480 e. The minimum Gasteiger partial charge on any atom is -0.480 e. The quantitative estimate of drug-likeness (QED) is 0.792. The summed E-state index contributed by atoms with van der Waals surface area (Å²) in [6.45, 7) is 8.31. The molecule has 3 heteroatoms. The zero-order valence-electron chi connectivity index (χ0n) is 12.3. The maximum absolute atomic E-state index is 11.4. The van der Waals surface area contributed by atoms with Crippen LogP contribution in [0.15, 0.2) is 30.3 Å². The van der Waals surface area contributed by atoms with Gasteiger partial charge in [-0.05, 0) is 23.8 Å². The average molecular weight is 263 g/mol. The van der Waals surface area contributed by atoms with E-state index in [9.17, 15) is 9.90 Å². The standard InChI is InChI=1S/C16H25NO2/c1-11(2)10-14(16(18)19)17-15(12(3)4)13-8-6-5-7-9-13/h5-9,11-12,14-15,17H,10H2,1-4H3,(H,18,19). The molecule has 0 aliphatic carbocycles. The van der Waals surface area contributed by atoms with Gasteiger partial charge in [0.05, 0.1) is 0 Å². The molecule has 0 spiro atoms. The monoisotopic (exact) mass is 263 g/mol. The van der Waals surface area contributed by atoms with Crippen molar-refractivity contribution >= 4 is 5.97 Å². The maximum Gasteiger partial charge on any atom is 0.320 e. The zero-order chi connectivity index (χ0) is 14.4. The van der Waals surface area contributed by atoms with E-state index in [1.165, 1.54) is 0 Å². The molecule has 0 aromatic heterocycles. The Labute approximate surface area is 116 Å². The van der Waals surface area contributed by atoms with Crippen LogP contribution in [0.2, 0.25) is 0 Å². The lowest BCUT2D eigenvalue weighted by molar-refractivity contribution is -0.140. The van der Waals surface area contributed by atoms with Crippen molar-refractivity contribution in [1.82, 2.24) is 5.32 Å². The molecule has 106 valence electrons. The van der Waals surface area contributed by atoms with Gasteiger partial charge in [-0.1, -0.05) is 58.0 Å². The number of rotatable bonds is 7. The number of carbonyl (C=O) groups is 1. The second kappa shape index (κ2) is 7.29. The summed E-state index contributed by atoms with van der Waals surface area (Å²) in [7, 11) is 0. The molecule has 19 heavy (non-hydrogen) atoms. The van der Waals surface area contributed by atoms with Crippen molar-refractivity contribution < 1.29 is 9.90 Å². The Morgan fingerprint density at radius 1 is 1.16 bits per heavy atom. The number of hydrogen-bond acceptors (Lipinski definition) is 2.